The molecule has 0 radical (unpaired) electrons. The van der Waals surface area contributed by atoms with E-state index in [4.69, 9.17) is 11.6 Å². The average molecular weight is 310 g/mol. The van der Waals surface area contributed by atoms with Crippen molar-refractivity contribution in [2.75, 3.05) is 12.9 Å². The number of carbonyl (C=O) groups excluding carboxylic acids is 1. The first-order chi connectivity index (χ1) is 9.97. The molecule has 21 heavy (non-hydrogen) atoms. The van der Waals surface area contributed by atoms with Crippen LogP contribution in [0.3, 0.4) is 0 Å². The monoisotopic (exact) mass is 310 g/mol. The number of hydrogen-bond acceptors (Lipinski definition) is 7. The third kappa shape index (κ3) is 5.15. The summed E-state index contributed by atoms with van der Waals surface area (Å²) >= 11 is 1.08. The van der Waals surface area contributed by atoms with E-state index in [9.17, 15) is 14.9 Å². The Hall–Kier alpha value is -2.55. The summed E-state index contributed by atoms with van der Waals surface area (Å²) in [6.45, 7) is 0. The summed E-state index contributed by atoms with van der Waals surface area (Å²) in [5.41, 5.74) is 6.38. The van der Waals surface area contributed by atoms with Gasteiger partial charge < -0.3 is 16.3 Å². The Labute approximate surface area is 125 Å². The third-order valence-corrected chi connectivity index (χ3v) is 3.25. The average Bonchev–Trinajstić information content (AvgIpc) is 2.50. The standard InChI is InChI=1S/C12H14N4O4S/c1-20-11(17)9(7-21-12(13)15-14)6-8-2-4-10(5-3-8)16(18)19/h2-6H,7,14H2,1H3,(H2,13,15)/b9-6+. The molecule has 0 heterocycles. The summed E-state index contributed by atoms with van der Waals surface area (Å²) in [7, 11) is 1.26. The summed E-state index contributed by atoms with van der Waals surface area (Å²) < 4.78 is 4.67. The highest BCUT2D eigenvalue weighted by molar-refractivity contribution is 8.13. The van der Waals surface area contributed by atoms with Gasteiger partial charge in [0.2, 0.25) is 0 Å². The number of methoxy groups -OCH3 is 1. The Morgan fingerprint density at radius 1 is 1.48 bits per heavy atom. The van der Waals surface area contributed by atoms with E-state index in [1.807, 2.05) is 0 Å². The molecule has 1 aromatic rings. The van der Waals surface area contributed by atoms with E-state index < -0.39 is 10.9 Å². The number of hydrazone groups is 1. The predicted octanol–water partition coefficient (Wildman–Crippen LogP) is 1.07. The molecule has 0 saturated heterocycles. The largest absolute Gasteiger partial charge is 0.466 e. The molecule has 0 spiro atoms. The molecule has 0 unspecified atom stereocenters. The molecule has 0 aliphatic heterocycles. The van der Waals surface area contributed by atoms with Crippen LogP contribution in [0, 0.1) is 10.1 Å². The van der Waals surface area contributed by atoms with E-state index in [2.05, 4.69) is 9.84 Å². The van der Waals surface area contributed by atoms with Crippen LogP contribution in [-0.2, 0) is 9.53 Å². The normalized spacial score (nSPS) is 12.0. The lowest BCUT2D eigenvalue weighted by atomic mass is 10.1. The Bertz CT molecular complexity index is 583. The van der Waals surface area contributed by atoms with Crippen molar-refractivity contribution >= 4 is 34.7 Å². The van der Waals surface area contributed by atoms with E-state index in [0.29, 0.717) is 11.1 Å². The first-order valence-electron chi connectivity index (χ1n) is 5.67. The second-order valence-electron chi connectivity index (χ2n) is 3.77. The molecule has 0 bridgehead atoms. The zero-order valence-electron chi connectivity index (χ0n) is 11.2. The molecule has 0 atom stereocenters. The van der Waals surface area contributed by atoms with Gasteiger partial charge in [0.1, 0.15) is 0 Å². The van der Waals surface area contributed by atoms with Gasteiger partial charge in [-0.25, -0.2) is 4.79 Å². The molecular weight excluding hydrogens is 296 g/mol. The van der Waals surface area contributed by atoms with Crippen LogP contribution in [0.5, 0.6) is 0 Å². The Kier molecular flexibility index (Phi) is 6.21. The predicted molar refractivity (Wildman–Crippen MR) is 81.4 cm³/mol. The van der Waals surface area contributed by atoms with Gasteiger partial charge in [0.05, 0.1) is 12.0 Å². The summed E-state index contributed by atoms with van der Waals surface area (Å²) in [6.07, 6.45) is 1.56. The number of hydrogen-bond donors (Lipinski definition) is 2. The molecule has 0 saturated carbocycles. The molecule has 0 aliphatic rings. The molecule has 0 amide bonds. The van der Waals surface area contributed by atoms with Gasteiger partial charge in [0.15, 0.2) is 5.17 Å². The number of benzene rings is 1. The first kappa shape index (κ1) is 16.5. The fraction of sp³-hybridized carbons (Fsp3) is 0.167. The van der Waals surface area contributed by atoms with Crippen LogP contribution < -0.4 is 11.6 Å². The SMILES string of the molecule is COC(=O)/C(=C/c1ccc([N+](=O)[O-])cc1)CSC(N)=NN. The van der Waals surface area contributed by atoms with Crippen molar-refractivity contribution in [3.8, 4) is 0 Å². The number of rotatable bonds is 5. The van der Waals surface area contributed by atoms with Crippen molar-refractivity contribution in [3.05, 3.63) is 45.5 Å². The van der Waals surface area contributed by atoms with Crippen LogP contribution in [-0.4, -0.2) is 28.9 Å². The Morgan fingerprint density at radius 2 is 2.10 bits per heavy atom. The van der Waals surface area contributed by atoms with E-state index in [1.54, 1.807) is 6.08 Å². The van der Waals surface area contributed by atoms with Crippen LogP contribution in [0.1, 0.15) is 5.56 Å². The maximum atomic E-state index is 11.7. The molecule has 0 fully saturated rings. The third-order valence-electron chi connectivity index (χ3n) is 2.40. The second-order valence-corrected chi connectivity index (χ2v) is 4.76. The van der Waals surface area contributed by atoms with Crippen LogP contribution in [0.4, 0.5) is 5.69 Å². The van der Waals surface area contributed by atoms with Crippen LogP contribution in [0.2, 0.25) is 0 Å². The molecule has 8 nitrogen and oxygen atoms in total. The number of carbonyl (C=O) groups is 1. The van der Waals surface area contributed by atoms with Crippen LogP contribution in [0.25, 0.3) is 6.08 Å². The topological polar surface area (TPSA) is 134 Å². The molecule has 0 aliphatic carbocycles. The molecule has 4 N–H and O–H groups in total. The van der Waals surface area contributed by atoms with Gasteiger partial charge in [-0.05, 0) is 23.8 Å². The van der Waals surface area contributed by atoms with Gasteiger partial charge in [-0.3, -0.25) is 10.1 Å². The number of nitrogens with two attached hydrogens (primary N) is 2. The van der Waals surface area contributed by atoms with Crippen molar-refractivity contribution < 1.29 is 14.5 Å². The van der Waals surface area contributed by atoms with Gasteiger partial charge >= 0.3 is 5.97 Å². The smallest absolute Gasteiger partial charge is 0.334 e. The lowest BCUT2D eigenvalue weighted by molar-refractivity contribution is -0.384. The van der Waals surface area contributed by atoms with Crippen molar-refractivity contribution in [2.24, 2.45) is 16.7 Å². The number of nitro groups is 1. The number of non-ortho nitro benzene ring substituents is 1. The van der Waals surface area contributed by atoms with Gasteiger partial charge in [-0.1, -0.05) is 11.8 Å². The summed E-state index contributed by atoms with van der Waals surface area (Å²) in [4.78, 5) is 21.7. The highest BCUT2D eigenvalue weighted by Crippen LogP contribution is 2.17. The minimum Gasteiger partial charge on any atom is -0.466 e. The molecule has 0 aromatic heterocycles. The van der Waals surface area contributed by atoms with E-state index in [-0.39, 0.29) is 16.6 Å². The number of esters is 1. The zero-order chi connectivity index (χ0) is 15.8. The minimum absolute atomic E-state index is 0.0272. The van der Waals surface area contributed by atoms with E-state index in [1.165, 1.54) is 31.4 Å². The van der Waals surface area contributed by atoms with Gasteiger partial charge in [-0.15, -0.1) is 0 Å². The summed E-state index contributed by atoms with van der Waals surface area (Å²) in [5, 5.41) is 14.0. The van der Waals surface area contributed by atoms with E-state index >= 15 is 0 Å². The maximum Gasteiger partial charge on any atom is 0.334 e. The highest BCUT2D eigenvalue weighted by Gasteiger charge is 2.11. The van der Waals surface area contributed by atoms with Crippen molar-refractivity contribution in [1.29, 1.82) is 0 Å². The van der Waals surface area contributed by atoms with Gasteiger partial charge in [-0.2, -0.15) is 5.10 Å². The van der Waals surface area contributed by atoms with Crippen LogP contribution in [0.15, 0.2) is 34.9 Å². The summed E-state index contributed by atoms with van der Waals surface area (Å²) in [5.74, 6) is 4.70. The first-order valence-corrected chi connectivity index (χ1v) is 6.66. The lowest BCUT2D eigenvalue weighted by Gasteiger charge is -2.05. The lowest BCUT2D eigenvalue weighted by Crippen LogP contribution is -2.13. The zero-order valence-corrected chi connectivity index (χ0v) is 12.0. The molecule has 9 heteroatoms. The number of thioether (sulfide) groups is 1. The molecule has 1 rings (SSSR count). The highest BCUT2D eigenvalue weighted by atomic mass is 32.2. The second kappa shape index (κ2) is 7.90. The fourth-order valence-electron chi connectivity index (χ4n) is 1.37. The Morgan fingerprint density at radius 3 is 2.57 bits per heavy atom. The molecule has 1 aromatic carbocycles. The molecular formula is C12H14N4O4S. The van der Waals surface area contributed by atoms with Crippen molar-refractivity contribution in [3.63, 3.8) is 0 Å². The maximum absolute atomic E-state index is 11.7. The van der Waals surface area contributed by atoms with Crippen molar-refractivity contribution in [2.45, 2.75) is 0 Å². The number of nitro benzene ring substituents is 1. The van der Waals surface area contributed by atoms with Gasteiger partial charge in [0.25, 0.3) is 5.69 Å². The summed E-state index contributed by atoms with van der Waals surface area (Å²) in [6, 6.07) is 5.77. The number of nitrogens with zero attached hydrogens (tertiary/aromatic N) is 2. The molecule has 112 valence electrons. The number of amidine groups is 1. The minimum atomic E-state index is -0.523. The quantitative estimate of drug-likeness (QED) is 0.158. The van der Waals surface area contributed by atoms with E-state index in [0.717, 1.165) is 11.8 Å². The Balaban J connectivity index is 2.96. The fourth-order valence-corrected chi connectivity index (χ4v) is 1.95. The number of ether oxygens (including phenoxy) is 1. The van der Waals surface area contributed by atoms with Gasteiger partial charge in [0, 0.05) is 23.5 Å². The van der Waals surface area contributed by atoms with Crippen LogP contribution >= 0.6 is 11.8 Å². The van der Waals surface area contributed by atoms with Crippen molar-refractivity contribution in [1.82, 2.24) is 0 Å².